The van der Waals surface area contributed by atoms with E-state index in [9.17, 15) is 5.26 Å². The third kappa shape index (κ3) is 6.32. The Labute approximate surface area is 219 Å². The Morgan fingerprint density at radius 2 is 1.37 bits per heavy atom. The molecule has 0 radical (unpaired) electrons. The molecule has 0 unspecified atom stereocenters. The van der Waals surface area contributed by atoms with Crippen LogP contribution in [0.2, 0.25) is 5.02 Å². The minimum absolute atomic E-state index is 0.316. The Kier molecular flexibility index (Phi) is 9.35. The first-order chi connectivity index (χ1) is 17.1. The highest BCUT2D eigenvalue weighted by Crippen LogP contribution is 2.60. The number of nitriles is 1. The molecule has 2 bridgehead atoms. The molecule has 3 fully saturated rings. The predicted octanol–water partition coefficient (Wildman–Crippen LogP) is 10.8. The lowest BCUT2D eigenvalue weighted by molar-refractivity contribution is 0.0307. The molecule has 35 heavy (non-hydrogen) atoms. The summed E-state index contributed by atoms with van der Waals surface area (Å²) < 4.78 is 0. The predicted molar refractivity (Wildman–Crippen MR) is 150 cm³/mol. The molecule has 0 amide bonds. The molecule has 0 heterocycles. The van der Waals surface area contributed by atoms with E-state index >= 15 is 0 Å². The SMILES string of the molecule is CCCCCCCCCCCCC12CCC(c3ccccc3-c3ccc(C#N)c(Cl)c3)(CC1)CC2. The highest BCUT2D eigenvalue weighted by Gasteiger charge is 2.49. The summed E-state index contributed by atoms with van der Waals surface area (Å²) in [5.41, 5.74) is 5.45. The molecule has 0 saturated heterocycles. The highest BCUT2D eigenvalue weighted by atomic mass is 35.5. The van der Waals surface area contributed by atoms with Crippen LogP contribution >= 0.6 is 11.6 Å². The third-order valence-corrected chi connectivity index (χ3v) is 9.67. The molecule has 1 nitrogen and oxygen atoms in total. The molecule has 0 aromatic heterocycles. The lowest BCUT2D eigenvalue weighted by Gasteiger charge is -2.54. The maximum Gasteiger partial charge on any atom is 0.101 e. The molecule has 0 N–H and O–H groups in total. The summed E-state index contributed by atoms with van der Waals surface area (Å²) in [4.78, 5) is 0. The van der Waals surface area contributed by atoms with E-state index in [2.05, 4.69) is 43.3 Å². The number of unbranched alkanes of at least 4 members (excludes halogenated alkanes) is 9. The fourth-order valence-electron chi connectivity index (χ4n) is 7.00. The van der Waals surface area contributed by atoms with Crippen LogP contribution in [0.3, 0.4) is 0 Å². The second kappa shape index (κ2) is 12.5. The van der Waals surface area contributed by atoms with Crippen LogP contribution in [-0.2, 0) is 5.41 Å². The smallest absolute Gasteiger partial charge is 0.101 e. The molecular formula is C33H44ClN. The van der Waals surface area contributed by atoms with Crippen LogP contribution in [0.15, 0.2) is 42.5 Å². The van der Waals surface area contributed by atoms with E-state index in [1.54, 1.807) is 0 Å². The van der Waals surface area contributed by atoms with Gasteiger partial charge in [-0.15, -0.1) is 0 Å². The molecule has 188 valence electrons. The second-order valence-electron chi connectivity index (χ2n) is 11.6. The lowest BCUT2D eigenvalue weighted by Crippen LogP contribution is -2.44. The van der Waals surface area contributed by atoms with Crippen LogP contribution < -0.4 is 0 Å². The van der Waals surface area contributed by atoms with Gasteiger partial charge >= 0.3 is 0 Å². The monoisotopic (exact) mass is 489 g/mol. The van der Waals surface area contributed by atoms with Crippen molar-refractivity contribution < 1.29 is 0 Å². The summed E-state index contributed by atoms with van der Waals surface area (Å²) in [6.45, 7) is 2.30. The molecule has 3 saturated carbocycles. The summed E-state index contributed by atoms with van der Waals surface area (Å²) in [5.74, 6) is 0. The second-order valence-corrected chi connectivity index (χ2v) is 12.0. The Hall–Kier alpha value is -1.78. The molecule has 0 aliphatic heterocycles. The number of benzene rings is 2. The molecule has 2 aromatic carbocycles. The summed E-state index contributed by atoms with van der Waals surface area (Å²) in [7, 11) is 0. The van der Waals surface area contributed by atoms with Gasteiger partial charge in [-0.05, 0) is 84.6 Å². The number of rotatable bonds is 13. The molecule has 3 aliphatic rings. The van der Waals surface area contributed by atoms with Gasteiger partial charge in [-0.1, -0.05) is 113 Å². The largest absolute Gasteiger partial charge is 0.192 e. The van der Waals surface area contributed by atoms with Crippen molar-refractivity contribution in [2.75, 3.05) is 0 Å². The zero-order valence-electron chi connectivity index (χ0n) is 21.9. The van der Waals surface area contributed by atoms with Gasteiger partial charge in [-0.3, -0.25) is 0 Å². The van der Waals surface area contributed by atoms with Crippen molar-refractivity contribution in [1.29, 1.82) is 5.26 Å². The Morgan fingerprint density at radius 1 is 0.771 bits per heavy atom. The van der Waals surface area contributed by atoms with E-state index in [4.69, 9.17) is 11.6 Å². The fraction of sp³-hybridized carbons (Fsp3) is 0.606. The third-order valence-electron chi connectivity index (χ3n) is 9.36. The van der Waals surface area contributed by atoms with Gasteiger partial charge in [0.2, 0.25) is 0 Å². The Balaban J connectivity index is 1.30. The van der Waals surface area contributed by atoms with E-state index in [1.165, 1.54) is 120 Å². The van der Waals surface area contributed by atoms with Crippen LogP contribution in [0.5, 0.6) is 0 Å². The minimum Gasteiger partial charge on any atom is -0.192 e. The van der Waals surface area contributed by atoms with E-state index in [1.807, 2.05) is 12.1 Å². The zero-order chi connectivity index (χ0) is 24.6. The molecule has 5 rings (SSSR count). The molecule has 2 heteroatoms. The van der Waals surface area contributed by atoms with Gasteiger partial charge in [0.25, 0.3) is 0 Å². The molecule has 0 spiro atoms. The van der Waals surface area contributed by atoms with Crippen LogP contribution in [0.25, 0.3) is 11.1 Å². The number of hydrogen-bond acceptors (Lipinski definition) is 1. The fourth-order valence-corrected chi connectivity index (χ4v) is 7.22. The summed E-state index contributed by atoms with van der Waals surface area (Å²) in [6.07, 6.45) is 23.9. The maximum absolute atomic E-state index is 9.26. The van der Waals surface area contributed by atoms with E-state index in [0.717, 1.165) is 5.56 Å². The van der Waals surface area contributed by atoms with Crippen molar-refractivity contribution in [2.24, 2.45) is 5.41 Å². The highest BCUT2D eigenvalue weighted by molar-refractivity contribution is 6.32. The summed E-state index contributed by atoms with van der Waals surface area (Å²) in [6, 6.07) is 17.1. The number of hydrogen-bond donors (Lipinski definition) is 0. The first kappa shape index (κ1) is 26.3. The number of fused-ring (bicyclic) bond motifs is 3. The Morgan fingerprint density at radius 3 is 1.97 bits per heavy atom. The van der Waals surface area contributed by atoms with Gasteiger partial charge in [0.1, 0.15) is 6.07 Å². The van der Waals surface area contributed by atoms with Crippen LogP contribution in [0.4, 0.5) is 0 Å². The lowest BCUT2D eigenvalue weighted by atomic mass is 9.50. The molecule has 0 atom stereocenters. The van der Waals surface area contributed by atoms with Gasteiger partial charge in [-0.25, -0.2) is 0 Å². The quantitative estimate of drug-likeness (QED) is 0.256. The van der Waals surface area contributed by atoms with Crippen molar-refractivity contribution in [3.63, 3.8) is 0 Å². The number of halogens is 1. The van der Waals surface area contributed by atoms with Gasteiger partial charge in [-0.2, -0.15) is 5.26 Å². The van der Waals surface area contributed by atoms with Crippen LogP contribution in [0, 0.1) is 16.7 Å². The van der Waals surface area contributed by atoms with Gasteiger partial charge in [0.05, 0.1) is 10.6 Å². The first-order valence-electron chi connectivity index (χ1n) is 14.4. The number of nitrogens with zero attached hydrogens (tertiary/aromatic N) is 1. The minimum atomic E-state index is 0.316. The zero-order valence-corrected chi connectivity index (χ0v) is 22.6. The van der Waals surface area contributed by atoms with E-state index in [0.29, 0.717) is 21.4 Å². The van der Waals surface area contributed by atoms with Crippen molar-refractivity contribution in [1.82, 2.24) is 0 Å². The van der Waals surface area contributed by atoms with Crippen LogP contribution in [0.1, 0.15) is 127 Å². The van der Waals surface area contributed by atoms with Gasteiger partial charge < -0.3 is 0 Å². The first-order valence-corrected chi connectivity index (χ1v) is 14.8. The van der Waals surface area contributed by atoms with Crippen molar-refractivity contribution in [3.05, 3.63) is 58.6 Å². The maximum atomic E-state index is 9.26. The summed E-state index contributed by atoms with van der Waals surface area (Å²) in [5, 5.41) is 9.82. The molecule has 2 aromatic rings. The van der Waals surface area contributed by atoms with Gasteiger partial charge in [0.15, 0.2) is 0 Å². The average molecular weight is 490 g/mol. The van der Waals surface area contributed by atoms with Crippen molar-refractivity contribution in [2.45, 2.75) is 121 Å². The van der Waals surface area contributed by atoms with E-state index < -0.39 is 0 Å². The molecule has 3 aliphatic carbocycles. The van der Waals surface area contributed by atoms with Crippen LogP contribution in [-0.4, -0.2) is 0 Å². The topological polar surface area (TPSA) is 23.8 Å². The van der Waals surface area contributed by atoms with Crippen molar-refractivity contribution >= 4 is 11.6 Å². The normalized spacial score (nSPS) is 23.3. The average Bonchev–Trinajstić information content (AvgIpc) is 2.91. The standard InChI is InChI=1S/C33H44ClN/c1-2-3-4-5-6-7-8-9-10-13-18-32-19-22-33(23-20-32,24-21-32)30-15-12-11-14-29(30)27-16-17-28(26-35)31(34)25-27/h11-12,14-17,25H,2-10,13,18-24H2,1H3. The van der Waals surface area contributed by atoms with E-state index in [-0.39, 0.29) is 0 Å². The molecular weight excluding hydrogens is 446 g/mol. The van der Waals surface area contributed by atoms with Gasteiger partial charge in [0, 0.05) is 0 Å². The summed E-state index contributed by atoms with van der Waals surface area (Å²) >= 11 is 6.40. The van der Waals surface area contributed by atoms with Crippen molar-refractivity contribution in [3.8, 4) is 17.2 Å². The Bertz CT molecular complexity index is 976.